The van der Waals surface area contributed by atoms with E-state index in [4.69, 9.17) is 12.2 Å². The van der Waals surface area contributed by atoms with Crippen LogP contribution in [0.1, 0.15) is 56.1 Å². The molecule has 5 heteroatoms. The van der Waals surface area contributed by atoms with Crippen LogP contribution in [-0.4, -0.2) is 25.6 Å². The zero-order valence-corrected chi connectivity index (χ0v) is 14.9. The number of pyridine rings is 1. The number of rotatable bonds is 4. The standard InChI is InChI=1S/C19H24N4S/c1-2-22-13-7-11-16(22)18-17(15-10-5-6-12-20-15)21-19(24)23(18)14-8-3-4-9-14/h5-7,10-14,17-18H,2-4,8-9H2,1H3,(H,21,24)/t17-,18-/m1/s1. The van der Waals surface area contributed by atoms with E-state index in [0.717, 1.165) is 17.4 Å². The Morgan fingerprint density at radius 3 is 2.75 bits per heavy atom. The molecule has 1 aliphatic carbocycles. The highest BCUT2D eigenvalue weighted by Crippen LogP contribution is 2.42. The van der Waals surface area contributed by atoms with E-state index >= 15 is 0 Å². The Morgan fingerprint density at radius 2 is 2.04 bits per heavy atom. The molecule has 4 nitrogen and oxygen atoms in total. The Morgan fingerprint density at radius 1 is 1.21 bits per heavy atom. The van der Waals surface area contributed by atoms with E-state index in [-0.39, 0.29) is 12.1 Å². The predicted octanol–water partition coefficient (Wildman–Crippen LogP) is 3.82. The van der Waals surface area contributed by atoms with Gasteiger partial charge in [-0.3, -0.25) is 4.98 Å². The lowest BCUT2D eigenvalue weighted by Gasteiger charge is -2.33. The second-order valence-corrected chi connectivity index (χ2v) is 7.08. The number of hydrogen-bond acceptors (Lipinski definition) is 2. The average molecular weight is 340 g/mol. The number of hydrogen-bond donors (Lipinski definition) is 1. The van der Waals surface area contributed by atoms with Crippen molar-refractivity contribution in [3.8, 4) is 0 Å². The maximum Gasteiger partial charge on any atom is 0.170 e. The van der Waals surface area contributed by atoms with Crippen molar-refractivity contribution in [3.63, 3.8) is 0 Å². The summed E-state index contributed by atoms with van der Waals surface area (Å²) in [5.41, 5.74) is 2.39. The lowest BCUT2D eigenvalue weighted by Crippen LogP contribution is -2.38. The van der Waals surface area contributed by atoms with Gasteiger partial charge in [0.1, 0.15) is 0 Å². The zero-order valence-electron chi connectivity index (χ0n) is 14.1. The van der Waals surface area contributed by atoms with E-state index in [1.807, 2.05) is 12.3 Å². The van der Waals surface area contributed by atoms with Crippen LogP contribution in [0.2, 0.25) is 0 Å². The SMILES string of the molecule is CCn1cccc1[C@@H]1[C@@H](c2ccccn2)NC(=S)N1C1CCCC1. The number of nitrogens with one attached hydrogen (secondary N) is 1. The van der Waals surface area contributed by atoms with E-state index in [9.17, 15) is 0 Å². The highest BCUT2D eigenvalue weighted by atomic mass is 32.1. The van der Waals surface area contributed by atoms with Crippen molar-refractivity contribution in [2.24, 2.45) is 0 Å². The van der Waals surface area contributed by atoms with E-state index < -0.39 is 0 Å². The molecule has 0 aromatic carbocycles. The van der Waals surface area contributed by atoms with Gasteiger partial charge >= 0.3 is 0 Å². The minimum absolute atomic E-state index is 0.111. The van der Waals surface area contributed by atoms with Gasteiger partial charge in [-0.2, -0.15) is 0 Å². The summed E-state index contributed by atoms with van der Waals surface area (Å²) in [5, 5.41) is 4.45. The molecule has 2 aromatic heterocycles. The highest BCUT2D eigenvalue weighted by Gasteiger charge is 2.44. The van der Waals surface area contributed by atoms with Crippen LogP contribution < -0.4 is 5.32 Å². The van der Waals surface area contributed by atoms with Gasteiger partial charge in [-0.05, 0) is 56.2 Å². The van der Waals surface area contributed by atoms with Crippen molar-refractivity contribution in [1.82, 2.24) is 19.8 Å². The second-order valence-electron chi connectivity index (χ2n) is 6.69. The van der Waals surface area contributed by atoms with E-state index in [1.165, 1.54) is 31.4 Å². The van der Waals surface area contributed by atoms with Crippen LogP contribution in [0, 0.1) is 0 Å². The van der Waals surface area contributed by atoms with Gasteiger partial charge in [-0.25, -0.2) is 0 Å². The quantitative estimate of drug-likeness (QED) is 0.858. The molecule has 2 aromatic rings. The third-order valence-corrected chi connectivity index (χ3v) is 5.69. The van der Waals surface area contributed by atoms with Crippen molar-refractivity contribution in [2.75, 3.05) is 0 Å². The molecular formula is C19H24N4S. The van der Waals surface area contributed by atoms with Crippen LogP contribution in [0.3, 0.4) is 0 Å². The first-order valence-electron chi connectivity index (χ1n) is 8.94. The normalized spacial score (nSPS) is 24.5. The lowest BCUT2D eigenvalue weighted by molar-refractivity contribution is 0.237. The smallest absolute Gasteiger partial charge is 0.170 e. The van der Waals surface area contributed by atoms with Gasteiger partial charge < -0.3 is 14.8 Å². The molecule has 1 saturated heterocycles. The summed E-state index contributed by atoms with van der Waals surface area (Å²) in [7, 11) is 0. The summed E-state index contributed by atoms with van der Waals surface area (Å²) in [4.78, 5) is 7.08. The third-order valence-electron chi connectivity index (χ3n) is 5.36. The van der Waals surface area contributed by atoms with Crippen molar-refractivity contribution in [2.45, 2.75) is 57.3 Å². The molecule has 0 unspecified atom stereocenters. The van der Waals surface area contributed by atoms with Gasteiger partial charge in [-0.1, -0.05) is 18.9 Å². The molecule has 0 radical (unpaired) electrons. The molecule has 24 heavy (non-hydrogen) atoms. The topological polar surface area (TPSA) is 33.1 Å². The molecule has 4 rings (SSSR count). The lowest BCUT2D eigenvalue weighted by atomic mass is 9.99. The predicted molar refractivity (Wildman–Crippen MR) is 99.7 cm³/mol. The highest BCUT2D eigenvalue weighted by molar-refractivity contribution is 7.80. The fourth-order valence-electron chi connectivity index (χ4n) is 4.24. The molecule has 1 aliphatic heterocycles. The molecule has 0 amide bonds. The van der Waals surface area contributed by atoms with E-state index in [0.29, 0.717) is 6.04 Å². The van der Waals surface area contributed by atoms with Crippen molar-refractivity contribution >= 4 is 17.3 Å². The summed E-state index contributed by atoms with van der Waals surface area (Å²) < 4.78 is 2.33. The number of aromatic nitrogens is 2. The van der Waals surface area contributed by atoms with Gasteiger partial charge in [0.15, 0.2) is 5.11 Å². The molecule has 2 fully saturated rings. The van der Waals surface area contributed by atoms with Crippen LogP contribution in [0.4, 0.5) is 0 Å². The van der Waals surface area contributed by atoms with Crippen LogP contribution in [0.25, 0.3) is 0 Å². The fraction of sp³-hybridized carbons (Fsp3) is 0.474. The van der Waals surface area contributed by atoms with Crippen molar-refractivity contribution < 1.29 is 0 Å². The Balaban J connectivity index is 1.77. The molecule has 0 bridgehead atoms. The maximum absolute atomic E-state index is 5.76. The molecule has 3 heterocycles. The minimum Gasteiger partial charge on any atom is -0.352 e. The summed E-state index contributed by atoms with van der Waals surface area (Å²) >= 11 is 5.76. The maximum atomic E-state index is 5.76. The van der Waals surface area contributed by atoms with Crippen molar-refractivity contribution in [1.29, 1.82) is 0 Å². The van der Waals surface area contributed by atoms with Crippen LogP contribution in [0.5, 0.6) is 0 Å². The first kappa shape index (κ1) is 15.6. The summed E-state index contributed by atoms with van der Waals surface area (Å²) in [6.07, 6.45) is 9.12. The van der Waals surface area contributed by atoms with Gasteiger partial charge in [0.25, 0.3) is 0 Å². The Hall–Kier alpha value is -1.88. The third kappa shape index (κ3) is 2.61. The molecule has 2 atom stereocenters. The molecule has 1 N–H and O–H groups in total. The van der Waals surface area contributed by atoms with Crippen LogP contribution in [0.15, 0.2) is 42.7 Å². The van der Waals surface area contributed by atoms with Crippen molar-refractivity contribution in [3.05, 3.63) is 54.1 Å². The fourth-order valence-corrected chi connectivity index (χ4v) is 4.63. The van der Waals surface area contributed by atoms with Gasteiger partial charge in [0.05, 0.1) is 17.8 Å². The monoisotopic (exact) mass is 340 g/mol. The number of nitrogens with zero attached hydrogens (tertiary/aromatic N) is 3. The Bertz CT molecular complexity index is 705. The largest absolute Gasteiger partial charge is 0.352 e. The summed E-state index contributed by atoms with van der Waals surface area (Å²) in [6.45, 7) is 3.17. The van der Waals surface area contributed by atoms with Crippen LogP contribution in [-0.2, 0) is 6.54 Å². The van der Waals surface area contributed by atoms with E-state index in [1.54, 1.807) is 0 Å². The first-order chi connectivity index (χ1) is 11.8. The number of aryl methyl sites for hydroxylation is 1. The minimum atomic E-state index is 0.111. The van der Waals surface area contributed by atoms with Gasteiger partial charge in [0, 0.05) is 30.7 Å². The Kier molecular flexibility index (Phi) is 4.27. The second kappa shape index (κ2) is 6.55. The Labute approximate surface area is 148 Å². The molecular weight excluding hydrogens is 316 g/mol. The molecule has 1 saturated carbocycles. The summed E-state index contributed by atoms with van der Waals surface area (Å²) in [5.74, 6) is 0. The molecule has 126 valence electrons. The zero-order chi connectivity index (χ0) is 16.5. The van der Waals surface area contributed by atoms with Gasteiger partial charge in [0.2, 0.25) is 0 Å². The molecule has 0 spiro atoms. The average Bonchev–Trinajstić information content (AvgIpc) is 3.34. The first-order valence-corrected chi connectivity index (χ1v) is 9.35. The number of thiocarbonyl (C=S) groups is 1. The van der Waals surface area contributed by atoms with E-state index in [2.05, 4.69) is 57.2 Å². The molecule has 2 aliphatic rings. The summed E-state index contributed by atoms with van der Waals surface area (Å²) in [6, 6.07) is 11.4. The van der Waals surface area contributed by atoms with Crippen LogP contribution >= 0.6 is 12.2 Å². The van der Waals surface area contributed by atoms with Gasteiger partial charge in [-0.15, -0.1) is 0 Å².